The van der Waals surface area contributed by atoms with Crippen LogP contribution in [0.15, 0.2) is 54.9 Å². The van der Waals surface area contributed by atoms with Gasteiger partial charge in [-0.15, -0.1) is 0 Å². The van der Waals surface area contributed by atoms with Crippen LogP contribution in [-0.2, 0) is 17.8 Å². The number of pyridine rings is 1. The van der Waals surface area contributed by atoms with E-state index in [1.165, 1.54) is 54.9 Å². The summed E-state index contributed by atoms with van der Waals surface area (Å²) < 4.78 is 89.0. The second-order valence-electron chi connectivity index (χ2n) is 10.4. The van der Waals surface area contributed by atoms with Crippen LogP contribution in [0.4, 0.5) is 34.0 Å². The first-order chi connectivity index (χ1) is 22.5. The molecule has 1 saturated heterocycles. The average molecular weight is 672 g/mol. The first-order valence-corrected chi connectivity index (χ1v) is 14.9. The summed E-state index contributed by atoms with van der Waals surface area (Å²) in [6.45, 7) is 0.327. The number of amides is 1. The summed E-state index contributed by atoms with van der Waals surface area (Å²) in [7, 11) is 0. The van der Waals surface area contributed by atoms with Crippen molar-refractivity contribution in [2.24, 2.45) is 0 Å². The number of likely N-dealkylation sites (tertiary alicyclic amines) is 1. The third-order valence-corrected chi connectivity index (χ3v) is 7.92. The Morgan fingerprint density at radius 1 is 1.13 bits per heavy atom. The zero-order valence-corrected chi connectivity index (χ0v) is 25.2. The number of alkyl halides is 1. The lowest BCUT2D eigenvalue weighted by Crippen LogP contribution is -2.49. The second-order valence-corrected chi connectivity index (χ2v) is 11.3. The van der Waals surface area contributed by atoms with Crippen molar-refractivity contribution >= 4 is 29.0 Å². The number of piperidine rings is 1. The lowest BCUT2D eigenvalue weighted by molar-refractivity contribution is 0.102. The zero-order valence-electron chi connectivity index (χ0n) is 24.4. The van der Waals surface area contributed by atoms with E-state index in [4.69, 9.17) is 10.00 Å². The van der Waals surface area contributed by atoms with E-state index in [0.29, 0.717) is 15.4 Å². The van der Waals surface area contributed by atoms with Gasteiger partial charge in [-0.2, -0.15) is 9.65 Å². The van der Waals surface area contributed by atoms with E-state index < -0.39 is 70.6 Å². The smallest absolute Gasteiger partial charge is 0.407 e. The fourth-order valence-electron chi connectivity index (χ4n) is 4.97. The number of aromatic nitrogens is 3. The van der Waals surface area contributed by atoms with Crippen molar-refractivity contribution in [3.05, 3.63) is 89.0 Å². The van der Waals surface area contributed by atoms with Crippen LogP contribution < -0.4 is 14.4 Å². The number of nitrogens with one attached hydrogen (secondary N) is 1. The molecule has 17 heteroatoms. The summed E-state index contributed by atoms with van der Waals surface area (Å²) in [5, 5.41) is 21.2. The number of nitrogens with zero attached hydrogens (tertiary/aromatic N) is 6. The first kappa shape index (κ1) is 33.0. The Labute approximate surface area is 267 Å². The highest BCUT2D eigenvalue weighted by molar-refractivity contribution is 7.80. The van der Waals surface area contributed by atoms with Gasteiger partial charge in [-0.25, -0.2) is 37.1 Å². The van der Waals surface area contributed by atoms with E-state index in [1.807, 2.05) is 6.07 Å². The summed E-state index contributed by atoms with van der Waals surface area (Å²) in [6.07, 6.45) is -0.0171. The topological polar surface area (TPSA) is 165 Å². The molecular weight excluding hydrogens is 646 g/mol. The summed E-state index contributed by atoms with van der Waals surface area (Å²) in [5.74, 6) is -5.97. The van der Waals surface area contributed by atoms with Gasteiger partial charge in [0.05, 0.1) is 36.0 Å². The van der Waals surface area contributed by atoms with Gasteiger partial charge in [-0.1, -0.05) is 12.1 Å². The Morgan fingerprint density at radius 2 is 1.87 bits per heavy atom. The molecule has 1 unspecified atom stereocenters. The van der Waals surface area contributed by atoms with Crippen molar-refractivity contribution in [1.29, 1.82) is 5.26 Å². The van der Waals surface area contributed by atoms with Gasteiger partial charge in [0.15, 0.2) is 17.4 Å². The summed E-state index contributed by atoms with van der Waals surface area (Å²) in [5.41, 5.74) is -0.705. The fraction of sp³-hybridized carbons (Fsp3) is 0.233. The molecule has 47 heavy (non-hydrogen) atoms. The minimum atomic E-state index is -2.99. The van der Waals surface area contributed by atoms with Crippen molar-refractivity contribution < 1.29 is 41.0 Å². The highest BCUT2D eigenvalue weighted by atomic mass is 32.2. The minimum Gasteiger partial charge on any atom is -0.465 e. The molecule has 1 aliphatic rings. The van der Waals surface area contributed by atoms with E-state index >= 15 is 13.2 Å². The van der Waals surface area contributed by atoms with Crippen LogP contribution in [0.1, 0.15) is 23.1 Å². The van der Waals surface area contributed by atoms with Crippen molar-refractivity contribution in [3.63, 3.8) is 0 Å². The van der Waals surface area contributed by atoms with Gasteiger partial charge in [-0.3, -0.25) is 8.86 Å². The first-order valence-electron chi connectivity index (χ1n) is 13.9. The van der Waals surface area contributed by atoms with Gasteiger partial charge in [0, 0.05) is 37.0 Å². The predicted octanol–water partition coefficient (Wildman–Crippen LogP) is 5.57. The molecule has 1 amide bonds. The third-order valence-electron chi connectivity index (χ3n) is 7.23. The molecular formula is C30H25F4N7O5S. The van der Waals surface area contributed by atoms with Crippen LogP contribution >= 0.6 is 0 Å². The molecule has 4 aromatic rings. The maximum Gasteiger partial charge on any atom is 0.407 e. The van der Waals surface area contributed by atoms with Crippen LogP contribution in [0, 0.1) is 35.7 Å². The molecule has 244 valence electrons. The Hall–Kier alpha value is -5.34. The number of carbonyl (C=O) groups is 1. The maximum atomic E-state index is 15.7. The molecule has 0 aliphatic carbocycles. The fourth-order valence-corrected chi connectivity index (χ4v) is 5.54. The van der Waals surface area contributed by atoms with E-state index in [9.17, 15) is 23.1 Å². The molecule has 1 aliphatic heterocycles. The van der Waals surface area contributed by atoms with Crippen LogP contribution in [0.25, 0.3) is 11.3 Å². The Morgan fingerprint density at radius 3 is 2.55 bits per heavy atom. The monoisotopic (exact) mass is 671 g/mol. The molecule has 0 bridgehead atoms. The van der Waals surface area contributed by atoms with Gasteiger partial charge >= 0.3 is 6.09 Å². The third kappa shape index (κ3) is 7.23. The molecule has 1 fully saturated rings. The lowest BCUT2D eigenvalue weighted by atomic mass is 10.0. The van der Waals surface area contributed by atoms with Crippen molar-refractivity contribution in [2.75, 3.05) is 22.7 Å². The van der Waals surface area contributed by atoms with Gasteiger partial charge in [0.2, 0.25) is 17.6 Å². The molecule has 5 rings (SSSR count). The predicted molar refractivity (Wildman–Crippen MR) is 161 cm³/mol. The SMILES string of the molecule is Cc1c(F)c(N(Cc2ccc(C#N)cc2)S(=O)O)c(F)c(F)c1Oc1ncccc1-c1ccnc(N[C@H]2C[C@H](F)CN(C(=O)O)C2)n1. The van der Waals surface area contributed by atoms with E-state index in [-0.39, 0.29) is 42.6 Å². The summed E-state index contributed by atoms with van der Waals surface area (Å²) in [4.78, 5) is 24.8. The quantitative estimate of drug-likeness (QED) is 0.116. The van der Waals surface area contributed by atoms with Crippen LogP contribution in [-0.4, -0.2) is 65.1 Å². The van der Waals surface area contributed by atoms with Gasteiger partial charge in [0.25, 0.3) is 11.3 Å². The standard InChI is InChI=1S/C30H25F4N7O5S/c1-16-23(32)26(41(47(44)45)13-18-6-4-17(12-35)5-7-18)24(33)25(34)27(16)46-28-21(3-2-9-36-28)22-8-10-37-29(39-22)38-20-11-19(31)14-40(15-20)30(42)43/h2-10,19-20H,11,13-15H2,1H3,(H,42,43)(H,44,45)(H,37,38,39)/t19-,20-/m0/s1. The average Bonchev–Trinajstić information content (AvgIpc) is 3.05. The van der Waals surface area contributed by atoms with Gasteiger partial charge in [-0.05, 0) is 42.8 Å². The molecule has 0 spiro atoms. The number of hydrogen-bond acceptors (Lipinski definition) is 8. The number of hydrogen-bond donors (Lipinski definition) is 3. The highest BCUT2D eigenvalue weighted by Gasteiger charge is 2.32. The molecule has 3 N–H and O–H groups in total. The largest absolute Gasteiger partial charge is 0.465 e. The number of carboxylic acid groups (broad SMARTS) is 1. The van der Waals surface area contributed by atoms with E-state index in [2.05, 4.69) is 20.3 Å². The number of ether oxygens (including phenoxy) is 1. The zero-order chi connectivity index (χ0) is 33.8. The summed E-state index contributed by atoms with van der Waals surface area (Å²) in [6, 6.07) is 11.4. The summed E-state index contributed by atoms with van der Waals surface area (Å²) >= 11 is -2.99. The van der Waals surface area contributed by atoms with Gasteiger partial charge < -0.3 is 20.1 Å². The van der Waals surface area contributed by atoms with E-state index in [0.717, 1.165) is 11.8 Å². The minimum absolute atomic E-state index is 0.00889. The number of anilines is 2. The number of rotatable bonds is 9. The highest BCUT2D eigenvalue weighted by Crippen LogP contribution is 2.40. The van der Waals surface area contributed by atoms with E-state index in [1.54, 1.807) is 0 Å². The maximum absolute atomic E-state index is 15.7. The van der Waals surface area contributed by atoms with Crippen molar-refractivity contribution in [1.82, 2.24) is 19.9 Å². The van der Waals surface area contributed by atoms with Crippen LogP contribution in [0.3, 0.4) is 0 Å². The molecule has 3 heterocycles. The van der Waals surface area contributed by atoms with Crippen molar-refractivity contribution in [2.45, 2.75) is 32.1 Å². The number of halogens is 4. The molecule has 3 atom stereocenters. The molecule has 2 aromatic heterocycles. The van der Waals surface area contributed by atoms with Crippen molar-refractivity contribution in [3.8, 4) is 29.0 Å². The van der Waals surface area contributed by atoms with Crippen LogP contribution in [0.5, 0.6) is 11.6 Å². The molecule has 2 aromatic carbocycles. The van der Waals surface area contributed by atoms with Gasteiger partial charge in [0.1, 0.15) is 11.9 Å². The second kappa shape index (κ2) is 14.0. The molecule has 12 nitrogen and oxygen atoms in total. The number of nitriles is 1. The Bertz CT molecular complexity index is 1850. The normalized spacial score (nSPS) is 16.7. The Balaban J connectivity index is 1.44. The molecule has 0 radical (unpaired) electrons. The van der Waals surface area contributed by atoms with Crippen LogP contribution in [0.2, 0.25) is 0 Å². The Kier molecular flexibility index (Phi) is 9.82. The lowest BCUT2D eigenvalue weighted by Gasteiger charge is -2.33. The number of benzene rings is 2. The molecule has 0 saturated carbocycles.